The Morgan fingerprint density at radius 3 is 2.69 bits per heavy atom. The number of hydrogen-bond donors (Lipinski definition) is 2. The minimum Gasteiger partial charge on any atom is -0.311 e. The molecule has 0 aliphatic rings. The van der Waals surface area contributed by atoms with Crippen molar-refractivity contribution in [1.29, 1.82) is 0 Å². The fraction of sp³-hybridized carbons (Fsp3) is 0.182. The number of aromatic amines is 1. The van der Waals surface area contributed by atoms with E-state index in [0.717, 1.165) is 0 Å². The second-order valence-corrected chi connectivity index (χ2v) is 7.29. The Kier molecular flexibility index (Phi) is 5.75. The van der Waals surface area contributed by atoms with Gasteiger partial charge >= 0.3 is 0 Å². The first-order valence-corrected chi connectivity index (χ1v) is 10.00. The van der Waals surface area contributed by atoms with E-state index in [1.165, 1.54) is 16.8 Å². The van der Waals surface area contributed by atoms with Crippen LogP contribution in [0.5, 0.6) is 0 Å². The van der Waals surface area contributed by atoms with Gasteiger partial charge in [0.15, 0.2) is 0 Å². The van der Waals surface area contributed by atoms with Crippen LogP contribution in [0.15, 0.2) is 59.4 Å². The van der Waals surface area contributed by atoms with Crippen molar-refractivity contribution in [2.45, 2.75) is 26.2 Å². The van der Waals surface area contributed by atoms with E-state index in [1.54, 1.807) is 43.3 Å². The van der Waals surface area contributed by atoms with Gasteiger partial charge in [-0.25, -0.2) is 9.67 Å². The first-order valence-electron chi connectivity index (χ1n) is 10.00. The largest absolute Gasteiger partial charge is 0.311 e. The zero-order chi connectivity index (χ0) is 22.7. The third kappa shape index (κ3) is 4.53. The second kappa shape index (κ2) is 8.80. The summed E-state index contributed by atoms with van der Waals surface area (Å²) in [5, 5.41) is 18.6. The lowest BCUT2D eigenvalue weighted by atomic mass is 10.2. The molecule has 0 fully saturated rings. The number of benzene rings is 2. The number of aromatic nitrogens is 4. The molecule has 0 aliphatic heterocycles. The Bertz CT molecular complexity index is 1360. The van der Waals surface area contributed by atoms with Gasteiger partial charge in [-0.15, -0.1) is 0 Å². The smallest absolute Gasteiger partial charge is 0.269 e. The molecular weight excluding hydrogens is 412 g/mol. The van der Waals surface area contributed by atoms with Crippen molar-refractivity contribution in [2.75, 3.05) is 5.32 Å². The maximum absolute atomic E-state index is 12.5. The highest BCUT2D eigenvalue weighted by Crippen LogP contribution is 2.20. The lowest BCUT2D eigenvalue weighted by Crippen LogP contribution is -2.16. The zero-order valence-electron chi connectivity index (χ0n) is 17.2. The van der Waals surface area contributed by atoms with Gasteiger partial charge in [0.25, 0.3) is 11.2 Å². The van der Waals surface area contributed by atoms with E-state index in [-0.39, 0.29) is 23.6 Å². The third-order valence-corrected chi connectivity index (χ3v) is 4.88. The van der Waals surface area contributed by atoms with Gasteiger partial charge in [0.05, 0.1) is 27.2 Å². The maximum atomic E-state index is 12.5. The summed E-state index contributed by atoms with van der Waals surface area (Å²) in [6, 6.07) is 14.7. The molecule has 0 atom stereocenters. The molecule has 32 heavy (non-hydrogen) atoms. The molecule has 4 aromatic rings. The predicted molar refractivity (Wildman–Crippen MR) is 119 cm³/mol. The van der Waals surface area contributed by atoms with Gasteiger partial charge in [0.1, 0.15) is 11.6 Å². The first-order chi connectivity index (χ1) is 15.4. The molecule has 0 saturated carbocycles. The molecule has 0 unspecified atom stereocenters. The van der Waals surface area contributed by atoms with Crippen LogP contribution in [0.2, 0.25) is 0 Å². The molecule has 0 aliphatic carbocycles. The van der Waals surface area contributed by atoms with Crippen LogP contribution in [0.1, 0.15) is 24.4 Å². The summed E-state index contributed by atoms with van der Waals surface area (Å²) in [6.45, 7) is 1.79. The molecule has 2 heterocycles. The molecule has 10 heteroatoms. The molecule has 0 saturated heterocycles. The van der Waals surface area contributed by atoms with Gasteiger partial charge in [-0.05, 0) is 37.6 Å². The van der Waals surface area contributed by atoms with E-state index in [2.05, 4.69) is 20.4 Å². The monoisotopic (exact) mass is 432 g/mol. The van der Waals surface area contributed by atoms with Gasteiger partial charge in [0, 0.05) is 31.0 Å². The van der Waals surface area contributed by atoms with Crippen LogP contribution in [0.3, 0.4) is 0 Å². The lowest BCUT2D eigenvalue weighted by Gasteiger charge is -2.09. The number of non-ortho nitro benzene ring substituents is 1. The number of fused-ring (bicyclic) bond motifs is 1. The summed E-state index contributed by atoms with van der Waals surface area (Å²) >= 11 is 0. The molecule has 10 nitrogen and oxygen atoms in total. The minimum atomic E-state index is -0.474. The number of aryl methyl sites for hydroxylation is 2. The summed E-state index contributed by atoms with van der Waals surface area (Å²) in [5.41, 5.74) is 1.69. The number of para-hydroxylation sites is 1. The second-order valence-electron chi connectivity index (χ2n) is 7.29. The number of H-pyrrole nitrogens is 1. The lowest BCUT2D eigenvalue weighted by molar-refractivity contribution is -0.384. The van der Waals surface area contributed by atoms with Crippen molar-refractivity contribution in [1.82, 2.24) is 19.7 Å². The number of nitro benzene ring substituents is 1. The Hall–Kier alpha value is -4.34. The van der Waals surface area contributed by atoms with Crippen molar-refractivity contribution in [2.24, 2.45) is 0 Å². The van der Waals surface area contributed by atoms with Gasteiger partial charge in [0.2, 0.25) is 5.91 Å². The molecule has 0 radical (unpaired) electrons. The molecule has 2 aromatic heterocycles. The Balaban J connectivity index is 1.41. The first kappa shape index (κ1) is 20.9. The van der Waals surface area contributed by atoms with E-state index < -0.39 is 4.92 Å². The topological polar surface area (TPSA) is 136 Å². The molecule has 2 N–H and O–H groups in total. The van der Waals surface area contributed by atoms with Crippen molar-refractivity contribution in [3.8, 4) is 5.69 Å². The number of carbonyl (C=O) groups excluding carboxylic acids is 1. The molecule has 0 bridgehead atoms. The molecule has 2 aromatic carbocycles. The predicted octanol–water partition coefficient (Wildman–Crippen LogP) is 3.29. The summed E-state index contributed by atoms with van der Waals surface area (Å²) in [4.78, 5) is 42.2. The normalized spacial score (nSPS) is 10.9. The highest BCUT2D eigenvalue weighted by molar-refractivity contribution is 5.90. The number of hydrogen-bond acceptors (Lipinski definition) is 6. The van der Waals surface area contributed by atoms with E-state index in [9.17, 15) is 19.7 Å². The number of carbonyl (C=O) groups is 1. The quantitative estimate of drug-likeness (QED) is 0.340. The Morgan fingerprint density at radius 2 is 1.94 bits per heavy atom. The van der Waals surface area contributed by atoms with E-state index in [0.29, 0.717) is 46.8 Å². The number of rotatable bonds is 7. The Morgan fingerprint density at radius 1 is 1.19 bits per heavy atom. The van der Waals surface area contributed by atoms with Crippen molar-refractivity contribution < 1.29 is 9.72 Å². The number of nitrogens with zero attached hydrogens (tertiary/aromatic N) is 4. The third-order valence-electron chi connectivity index (χ3n) is 4.88. The summed E-state index contributed by atoms with van der Waals surface area (Å²) in [5.74, 6) is 0.794. The zero-order valence-corrected chi connectivity index (χ0v) is 17.2. The summed E-state index contributed by atoms with van der Waals surface area (Å²) in [7, 11) is 0. The highest BCUT2D eigenvalue weighted by atomic mass is 16.6. The molecule has 162 valence electrons. The van der Waals surface area contributed by atoms with Crippen LogP contribution < -0.4 is 10.9 Å². The van der Waals surface area contributed by atoms with E-state index in [4.69, 9.17) is 0 Å². The standard InChI is InChI=1S/C22H20N6O4/c1-14-13-20(27(26-14)15-9-11-16(12-10-15)28(31)32)25-21(29)8-4-7-19-23-18-6-3-2-5-17(18)22(30)24-19/h2-3,5-6,9-13H,4,7-8H2,1H3,(H,25,29)(H,23,24,30). The SMILES string of the molecule is Cc1cc(NC(=O)CCCc2nc3ccccc3c(=O)[nH]2)n(-c2ccc([N+](=O)[O-])cc2)n1. The average molecular weight is 432 g/mol. The van der Waals surface area contributed by atoms with Gasteiger partial charge in [-0.2, -0.15) is 5.10 Å². The minimum absolute atomic E-state index is 0.0245. The number of amides is 1. The summed E-state index contributed by atoms with van der Waals surface area (Å²) < 4.78 is 1.53. The van der Waals surface area contributed by atoms with Crippen LogP contribution in [0, 0.1) is 17.0 Å². The van der Waals surface area contributed by atoms with Crippen molar-refractivity contribution >= 4 is 28.3 Å². The Labute approximate surface area is 182 Å². The molecule has 1 amide bonds. The van der Waals surface area contributed by atoms with Crippen molar-refractivity contribution in [3.05, 3.63) is 86.6 Å². The van der Waals surface area contributed by atoms with Gasteiger partial charge < -0.3 is 10.3 Å². The average Bonchev–Trinajstić information content (AvgIpc) is 3.13. The molecular formula is C22H20N6O4. The van der Waals surface area contributed by atoms with Crippen LogP contribution in [0.4, 0.5) is 11.5 Å². The number of anilines is 1. The van der Waals surface area contributed by atoms with Crippen molar-refractivity contribution in [3.63, 3.8) is 0 Å². The van der Waals surface area contributed by atoms with E-state index >= 15 is 0 Å². The maximum Gasteiger partial charge on any atom is 0.269 e. The van der Waals surface area contributed by atoms with Gasteiger partial charge in [-0.3, -0.25) is 19.7 Å². The van der Waals surface area contributed by atoms with Gasteiger partial charge in [-0.1, -0.05) is 12.1 Å². The fourth-order valence-electron chi connectivity index (χ4n) is 3.38. The number of nitrogens with one attached hydrogen (secondary N) is 2. The molecule has 0 spiro atoms. The molecule has 4 rings (SSSR count). The van der Waals surface area contributed by atoms with Crippen LogP contribution in [-0.2, 0) is 11.2 Å². The van der Waals surface area contributed by atoms with Crippen LogP contribution in [0.25, 0.3) is 16.6 Å². The number of nitro groups is 1. The van der Waals surface area contributed by atoms with Crippen LogP contribution in [-0.4, -0.2) is 30.6 Å². The van der Waals surface area contributed by atoms with E-state index in [1.807, 2.05) is 6.07 Å². The van der Waals surface area contributed by atoms with Crippen LogP contribution >= 0.6 is 0 Å². The summed E-state index contributed by atoms with van der Waals surface area (Å²) in [6.07, 6.45) is 1.17. The fourth-order valence-corrected chi connectivity index (χ4v) is 3.38. The highest BCUT2D eigenvalue weighted by Gasteiger charge is 2.13.